The molecule has 8 nitrogen and oxygen atoms in total. The number of thioether (sulfide) groups is 1. The molecule has 41 heavy (non-hydrogen) atoms. The number of rotatable bonds is 11. The highest BCUT2D eigenvalue weighted by atomic mass is 32.2. The van der Waals surface area contributed by atoms with E-state index < -0.39 is 0 Å². The summed E-state index contributed by atoms with van der Waals surface area (Å²) in [6, 6.07) is 33.2. The molecular formula is C32H29N5O3S. The van der Waals surface area contributed by atoms with Crippen LogP contribution in [0.5, 0.6) is 11.5 Å². The zero-order valence-electron chi connectivity index (χ0n) is 22.7. The molecule has 0 aliphatic rings. The third-order valence-electron chi connectivity index (χ3n) is 6.12. The topological polar surface area (TPSA) is 90.6 Å². The Hall–Kier alpha value is -4.89. The van der Waals surface area contributed by atoms with Crippen LogP contribution in [0.25, 0.3) is 17.1 Å². The van der Waals surface area contributed by atoms with Gasteiger partial charge in [-0.15, -0.1) is 10.2 Å². The van der Waals surface area contributed by atoms with Crippen LogP contribution in [-0.4, -0.2) is 39.7 Å². The van der Waals surface area contributed by atoms with Crippen molar-refractivity contribution in [1.82, 2.24) is 20.2 Å². The first-order chi connectivity index (χ1) is 20.1. The smallest absolute Gasteiger partial charge is 0.250 e. The summed E-state index contributed by atoms with van der Waals surface area (Å²) < 4.78 is 13.1. The van der Waals surface area contributed by atoms with Gasteiger partial charge in [-0.2, -0.15) is 5.10 Å². The molecule has 1 heterocycles. The van der Waals surface area contributed by atoms with E-state index in [2.05, 4.69) is 20.7 Å². The van der Waals surface area contributed by atoms with Gasteiger partial charge < -0.3 is 9.47 Å². The monoisotopic (exact) mass is 563 g/mol. The summed E-state index contributed by atoms with van der Waals surface area (Å²) in [5.41, 5.74) is 7.43. The highest BCUT2D eigenvalue weighted by Crippen LogP contribution is 2.29. The van der Waals surface area contributed by atoms with Gasteiger partial charge in [0.1, 0.15) is 18.1 Å². The average Bonchev–Trinajstić information content (AvgIpc) is 3.44. The summed E-state index contributed by atoms with van der Waals surface area (Å²) in [6.07, 6.45) is 1.59. The molecule has 1 aromatic heterocycles. The molecule has 1 N–H and O–H groups in total. The number of ether oxygens (including phenoxy) is 2. The van der Waals surface area contributed by atoms with Gasteiger partial charge in [-0.05, 0) is 54.4 Å². The molecule has 0 saturated carbocycles. The zero-order valence-corrected chi connectivity index (χ0v) is 23.5. The third kappa shape index (κ3) is 7.40. The SMILES string of the molecule is COc1ccc(-n2c(SCC(=O)N/N=C/c3cccc(OCc4ccccc4)c3)nnc2-c2ccc(C)cc2)cc1. The van der Waals surface area contributed by atoms with Crippen molar-refractivity contribution in [3.05, 3.63) is 120 Å². The fourth-order valence-corrected chi connectivity index (χ4v) is 4.73. The molecule has 206 valence electrons. The van der Waals surface area contributed by atoms with Crippen molar-refractivity contribution in [3.63, 3.8) is 0 Å². The number of methoxy groups -OCH3 is 1. The van der Waals surface area contributed by atoms with E-state index in [1.54, 1.807) is 13.3 Å². The fraction of sp³-hybridized carbons (Fsp3) is 0.125. The van der Waals surface area contributed by atoms with Gasteiger partial charge in [-0.3, -0.25) is 9.36 Å². The Kier molecular flexibility index (Phi) is 9.08. The van der Waals surface area contributed by atoms with E-state index in [1.807, 2.05) is 115 Å². The first-order valence-corrected chi connectivity index (χ1v) is 14.0. The van der Waals surface area contributed by atoms with E-state index in [4.69, 9.17) is 9.47 Å². The summed E-state index contributed by atoms with van der Waals surface area (Å²) in [6.45, 7) is 2.51. The maximum absolute atomic E-state index is 12.6. The predicted molar refractivity (Wildman–Crippen MR) is 162 cm³/mol. The van der Waals surface area contributed by atoms with Crippen LogP contribution in [0.2, 0.25) is 0 Å². The third-order valence-corrected chi connectivity index (χ3v) is 7.04. The van der Waals surface area contributed by atoms with Gasteiger partial charge >= 0.3 is 0 Å². The largest absolute Gasteiger partial charge is 0.497 e. The number of benzene rings is 4. The van der Waals surface area contributed by atoms with Crippen LogP contribution in [0.1, 0.15) is 16.7 Å². The Morgan fingerprint density at radius 1 is 0.927 bits per heavy atom. The number of nitrogens with one attached hydrogen (secondary N) is 1. The van der Waals surface area contributed by atoms with Gasteiger partial charge in [-0.1, -0.05) is 84.1 Å². The van der Waals surface area contributed by atoms with Crippen LogP contribution in [0.3, 0.4) is 0 Å². The van der Waals surface area contributed by atoms with Gasteiger partial charge in [0, 0.05) is 11.3 Å². The number of hydrogen-bond donors (Lipinski definition) is 1. The van der Waals surface area contributed by atoms with Gasteiger partial charge in [0.15, 0.2) is 11.0 Å². The molecule has 0 unspecified atom stereocenters. The van der Waals surface area contributed by atoms with Gasteiger partial charge in [-0.25, -0.2) is 5.43 Å². The van der Waals surface area contributed by atoms with E-state index in [9.17, 15) is 4.79 Å². The number of carbonyl (C=O) groups excluding carboxylic acids is 1. The quantitative estimate of drug-likeness (QED) is 0.119. The minimum absolute atomic E-state index is 0.111. The van der Waals surface area contributed by atoms with Crippen molar-refractivity contribution in [1.29, 1.82) is 0 Å². The Balaban J connectivity index is 1.23. The molecule has 0 radical (unpaired) electrons. The van der Waals surface area contributed by atoms with Crippen molar-refractivity contribution in [2.45, 2.75) is 18.7 Å². The number of hydrazone groups is 1. The Labute approximate surface area is 243 Å². The molecule has 0 spiro atoms. The standard InChI is InChI=1S/C32H29N5O3S/c1-23-11-13-26(14-12-23)31-35-36-32(37(31)27-15-17-28(39-2)18-16-27)41-22-30(38)34-33-20-25-9-6-10-29(19-25)40-21-24-7-4-3-5-8-24/h3-20H,21-22H2,1-2H3,(H,34,38)/b33-20+. The molecule has 0 saturated heterocycles. The highest BCUT2D eigenvalue weighted by Gasteiger charge is 2.17. The lowest BCUT2D eigenvalue weighted by Gasteiger charge is -2.11. The molecule has 5 rings (SSSR count). The summed E-state index contributed by atoms with van der Waals surface area (Å²) in [5, 5.41) is 13.6. The van der Waals surface area contributed by atoms with E-state index in [0.717, 1.165) is 39.4 Å². The van der Waals surface area contributed by atoms with Gasteiger partial charge in [0.05, 0.1) is 19.1 Å². The second-order valence-corrected chi connectivity index (χ2v) is 10.1. The van der Waals surface area contributed by atoms with Gasteiger partial charge in [0.25, 0.3) is 5.91 Å². The minimum Gasteiger partial charge on any atom is -0.497 e. The fourth-order valence-electron chi connectivity index (χ4n) is 3.98. The van der Waals surface area contributed by atoms with Crippen LogP contribution < -0.4 is 14.9 Å². The van der Waals surface area contributed by atoms with Crippen molar-refractivity contribution >= 4 is 23.9 Å². The lowest BCUT2D eigenvalue weighted by Crippen LogP contribution is -2.20. The van der Waals surface area contributed by atoms with E-state index in [1.165, 1.54) is 11.8 Å². The lowest BCUT2D eigenvalue weighted by molar-refractivity contribution is -0.118. The van der Waals surface area contributed by atoms with Crippen LogP contribution >= 0.6 is 11.8 Å². The number of carbonyl (C=O) groups is 1. The zero-order chi connectivity index (χ0) is 28.4. The van der Waals surface area contributed by atoms with Crippen molar-refractivity contribution in [3.8, 4) is 28.6 Å². The summed E-state index contributed by atoms with van der Waals surface area (Å²) in [5.74, 6) is 2.01. The van der Waals surface area contributed by atoms with Crippen LogP contribution in [-0.2, 0) is 11.4 Å². The molecule has 0 fully saturated rings. The number of aromatic nitrogens is 3. The molecular weight excluding hydrogens is 534 g/mol. The number of hydrogen-bond acceptors (Lipinski definition) is 7. The maximum Gasteiger partial charge on any atom is 0.250 e. The molecule has 1 amide bonds. The maximum atomic E-state index is 12.6. The first-order valence-electron chi connectivity index (χ1n) is 13.0. The Bertz CT molecular complexity index is 1620. The van der Waals surface area contributed by atoms with Gasteiger partial charge in [0.2, 0.25) is 0 Å². The molecule has 9 heteroatoms. The molecule has 0 bridgehead atoms. The lowest BCUT2D eigenvalue weighted by atomic mass is 10.1. The number of aryl methyl sites for hydroxylation is 1. The predicted octanol–water partition coefficient (Wildman–Crippen LogP) is 6.07. The summed E-state index contributed by atoms with van der Waals surface area (Å²) in [4.78, 5) is 12.6. The molecule has 4 aromatic carbocycles. The second-order valence-electron chi connectivity index (χ2n) is 9.13. The van der Waals surface area contributed by atoms with Crippen molar-refractivity contribution in [2.75, 3.05) is 12.9 Å². The van der Waals surface area contributed by atoms with E-state index in [0.29, 0.717) is 17.6 Å². The Morgan fingerprint density at radius 2 is 1.71 bits per heavy atom. The van der Waals surface area contributed by atoms with Crippen LogP contribution in [0.4, 0.5) is 0 Å². The molecule has 5 aromatic rings. The van der Waals surface area contributed by atoms with E-state index in [-0.39, 0.29) is 11.7 Å². The summed E-state index contributed by atoms with van der Waals surface area (Å²) >= 11 is 1.28. The number of amides is 1. The van der Waals surface area contributed by atoms with Crippen molar-refractivity contribution in [2.24, 2.45) is 5.10 Å². The molecule has 0 aliphatic heterocycles. The van der Waals surface area contributed by atoms with Crippen LogP contribution in [0, 0.1) is 6.92 Å². The summed E-state index contributed by atoms with van der Waals surface area (Å²) in [7, 11) is 1.63. The Morgan fingerprint density at radius 3 is 2.46 bits per heavy atom. The highest BCUT2D eigenvalue weighted by molar-refractivity contribution is 7.99. The average molecular weight is 564 g/mol. The molecule has 0 aliphatic carbocycles. The van der Waals surface area contributed by atoms with Crippen LogP contribution in [0.15, 0.2) is 113 Å². The first kappa shape index (κ1) is 27.7. The van der Waals surface area contributed by atoms with E-state index >= 15 is 0 Å². The van der Waals surface area contributed by atoms with Crippen molar-refractivity contribution < 1.29 is 14.3 Å². The number of nitrogens with zero attached hydrogens (tertiary/aromatic N) is 4. The second kappa shape index (κ2) is 13.5. The normalized spacial score (nSPS) is 11.0. The minimum atomic E-state index is -0.260. The molecule has 0 atom stereocenters.